The van der Waals surface area contributed by atoms with Crippen LogP contribution in [-0.2, 0) is 10.3 Å². The lowest BCUT2D eigenvalue weighted by molar-refractivity contribution is 0.556. The van der Waals surface area contributed by atoms with Gasteiger partial charge in [-0.25, -0.2) is 4.79 Å². The Morgan fingerprint density at radius 3 is 2.53 bits per heavy atom. The molecule has 0 amide bonds. The van der Waals surface area contributed by atoms with Gasteiger partial charge in [-0.15, -0.1) is 0 Å². The Bertz CT molecular complexity index is 432. The maximum atomic E-state index is 10.3. The van der Waals surface area contributed by atoms with Gasteiger partial charge in [-0.05, 0) is 49.4 Å². The van der Waals surface area contributed by atoms with Gasteiger partial charge < -0.3 is 5.73 Å². The molecule has 3 heteroatoms. The summed E-state index contributed by atoms with van der Waals surface area (Å²) in [7, 11) is 0. The molecule has 0 bridgehead atoms. The van der Waals surface area contributed by atoms with Crippen LogP contribution >= 0.6 is 0 Å². The Balaban J connectivity index is 2.51. The van der Waals surface area contributed by atoms with Gasteiger partial charge in [-0.1, -0.05) is 6.07 Å². The Kier molecular flexibility index (Phi) is 2.13. The molecule has 1 aromatic carbocycles. The van der Waals surface area contributed by atoms with Crippen molar-refractivity contribution in [1.29, 1.82) is 0 Å². The van der Waals surface area contributed by atoms with Crippen LogP contribution in [0.3, 0.4) is 0 Å². The Hall–Kier alpha value is -1.60. The molecular formula is C12H14N2O. The minimum absolute atomic E-state index is 0.311. The number of rotatable bonds is 2. The summed E-state index contributed by atoms with van der Waals surface area (Å²) >= 11 is 0. The minimum atomic E-state index is -0.311. The summed E-state index contributed by atoms with van der Waals surface area (Å²) in [5.41, 5.74) is 9.67. The highest BCUT2D eigenvalue weighted by Gasteiger charge is 2.45. The fraction of sp³-hybridized carbons (Fsp3) is 0.417. The van der Waals surface area contributed by atoms with Crippen LogP contribution in [0.4, 0.5) is 5.69 Å². The number of nitrogen functional groups attached to an aromatic ring is 1. The first-order valence-electron chi connectivity index (χ1n) is 5.05. The molecule has 0 aliphatic heterocycles. The standard InChI is InChI=1S/C12H14N2O/c1-8-5-10(6-11(13)9(8)2)12(3-4-12)14-7-15/h5-6H,3-4,13H2,1-2H3. The number of benzene rings is 1. The number of aryl methyl sites for hydroxylation is 1. The zero-order valence-corrected chi connectivity index (χ0v) is 9.00. The average molecular weight is 202 g/mol. The van der Waals surface area contributed by atoms with E-state index in [1.807, 2.05) is 19.9 Å². The largest absolute Gasteiger partial charge is 0.398 e. The number of nitrogens with two attached hydrogens (primary N) is 1. The fourth-order valence-electron chi connectivity index (χ4n) is 1.83. The number of aliphatic imine (C=N–C) groups is 1. The van der Waals surface area contributed by atoms with Crippen LogP contribution < -0.4 is 5.73 Å². The van der Waals surface area contributed by atoms with Gasteiger partial charge in [-0.2, -0.15) is 4.99 Å². The summed E-state index contributed by atoms with van der Waals surface area (Å²) in [5.74, 6) is 0. The topological polar surface area (TPSA) is 55.5 Å². The first-order valence-corrected chi connectivity index (χ1v) is 5.05. The van der Waals surface area contributed by atoms with E-state index < -0.39 is 0 Å². The van der Waals surface area contributed by atoms with Crippen LogP contribution in [0, 0.1) is 13.8 Å². The monoisotopic (exact) mass is 202 g/mol. The maximum Gasteiger partial charge on any atom is 0.235 e. The number of carbonyl (C=O) groups excluding carboxylic acids is 1. The van der Waals surface area contributed by atoms with E-state index in [1.54, 1.807) is 6.08 Å². The first kappa shape index (κ1) is 9.94. The summed E-state index contributed by atoms with van der Waals surface area (Å²) < 4.78 is 0. The third-order valence-electron chi connectivity index (χ3n) is 3.23. The summed E-state index contributed by atoms with van der Waals surface area (Å²) in [6, 6.07) is 4.00. The number of hydrogen-bond donors (Lipinski definition) is 1. The lowest BCUT2D eigenvalue weighted by atomic mass is 9.98. The van der Waals surface area contributed by atoms with E-state index in [0.29, 0.717) is 0 Å². The predicted octanol–water partition coefficient (Wildman–Crippen LogP) is 2.21. The Morgan fingerprint density at radius 1 is 1.40 bits per heavy atom. The van der Waals surface area contributed by atoms with Crippen LogP contribution in [0.2, 0.25) is 0 Å². The molecule has 78 valence electrons. The van der Waals surface area contributed by atoms with Crippen LogP contribution in [0.1, 0.15) is 29.5 Å². The van der Waals surface area contributed by atoms with E-state index in [4.69, 9.17) is 5.73 Å². The van der Waals surface area contributed by atoms with E-state index in [0.717, 1.165) is 35.2 Å². The van der Waals surface area contributed by atoms with Crippen LogP contribution in [0.25, 0.3) is 0 Å². The molecule has 0 heterocycles. The van der Waals surface area contributed by atoms with Crippen molar-refractivity contribution in [3.8, 4) is 0 Å². The van der Waals surface area contributed by atoms with E-state index in [-0.39, 0.29) is 5.54 Å². The normalized spacial score (nSPS) is 16.9. The van der Waals surface area contributed by atoms with Gasteiger partial charge >= 0.3 is 0 Å². The molecule has 1 aliphatic carbocycles. The van der Waals surface area contributed by atoms with Gasteiger partial charge in [0.2, 0.25) is 6.08 Å². The fourth-order valence-corrected chi connectivity index (χ4v) is 1.83. The van der Waals surface area contributed by atoms with Crippen LogP contribution in [0.15, 0.2) is 17.1 Å². The summed E-state index contributed by atoms with van der Waals surface area (Å²) in [5, 5.41) is 0. The van der Waals surface area contributed by atoms with Crippen molar-refractivity contribution in [2.45, 2.75) is 32.2 Å². The molecule has 15 heavy (non-hydrogen) atoms. The second-order valence-corrected chi connectivity index (χ2v) is 4.24. The molecule has 0 unspecified atom stereocenters. The molecule has 0 radical (unpaired) electrons. The zero-order chi connectivity index (χ0) is 11.1. The van der Waals surface area contributed by atoms with E-state index in [1.165, 1.54) is 0 Å². The number of nitrogens with zero attached hydrogens (tertiary/aromatic N) is 1. The van der Waals surface area contributed by atoms with E-state index >= 15 is 0 Å². The number of isocyanates is 1. The molecule has 1 aromatic rings. The summed E-state index contributed by atoms with van der Waals surface area (Å²) in [6.45, 7) is 4.02. The van der Waals surface area contributed by atoms with Crippen molar-refractivity contribution in [2.75, 3.05) is 5.73 Å². The minimum Gasteiger partial charge on any atom is -0.398 e. The third kappa shape index (κ3) is 1.55. The molecule has 0 spiro atoms. The molecular weight excluding hydrogens is 188 g/mol. The molecule has 1 fully saturated rings. The quantitative estimate of drug-likeness (QED) is 0.454. The van der Waals surface area contributed by atoms with Crippen molar-refractivity contribution in [2.24, 2.45) is 4.99 Å². The smallest absolute Gasteiger partial charge is 0.235 e. The van der Waals surface area contributed by atoms with Gasteiger partial charge in [0.25, 0.3) is 0 Å². The second-order valence-electron chi connectivity index (χ2n) is 4.24. The van der Waals surface area contributed by atoms with Gasteiger partial charge in [0.15, 0.2) is 0 Å². The van der Waals surface area contributed by atoms with Gasteiger partial charge in [0.1, 0.15) is 0 Å². The van der Waals surface area contributed by atoms with Gasteiger partial charge in [-0.3, -0.25) is 0 Å². The molecule has 0 aromatic heterocycles. The Morgan fingerprint density at radius 2 is 2.07 bits per heavy atom. The van der Waals surface area contributed by atoms with E-state index in [2.05, 4.69) is 11.1 Å². The van der Waals surface area contributed by atoms with Crippen molar-refractivity contribution in [3.05, 3.63) is 28.8 Å². The average Bonchev–Trinajstić information content (AvgIpc) is 2.95. The summed E-state index contributed by atoms with van der Waals surface area (Å²) in [4.78, 5) is 14.2. The van der Waals surface area contributed by atoms with E-state index in [9.17, 15) is 4.79 Å². The Labute approximate surface area is 89.0 Å². The highest BCUT2D eigenvalue weighted by molar-refractivity contribution is 5.55. The lowest BCUT2D eigenvalue weighted by Crippen LogP contribution is -2.05. The molecule has 0 saturated heterocycles. The lowest BCUT2D eigenvalue weighted by Gasteiger charge is -2.12. The number of anilines is 1. The first-order chi connectivity index (χ1) is 7.09. The van der Waals surface area contributed by atoms with Gasteiger partial charge in [0.05, 0.1) is 5.54 Å². The highest BCUT2D eigenvalue weighted by Crippen LogP contribution is 2.50. The van der Waals surface area contributed by atoms with Crippen molar-refractivity contribution in [1.82, 2.24) is 0 Å². The molecule has 0 atom stereocenters. The molecule has 2 rings (SSSR count). The second kappa shape index (κ2) is 3.21. The van der Waals surface area contributed by atoms with Crippen molar-refractivity contribution in [3.63, 3.8) is 0 Å². The molecule has 1 saturated carbocycles. The maximum absolute atomic E-state index is 10.3. The highest BCUT2D eigenvalue weighted by atomic mass is 16.1. The molecule has 3 nitrogen and oxygen atoms in total. The summed E-state index contributed by atoms with van der Waals surface area (Å²) in [6.07, 6.45) is 3.50. The SMILES string of the molecule is Cc1cc(C2(N=C=O)CC2)cc(N)c1C. The van der Waals surface area contributed by atoms with Gasteiger partial charge in [0, 0.05) is 5.69 Å². The zero-order valence-electron chi connectivity index (χ0n) is 9.00. The molecule has 1 aliphatic rings. The third-order valence-corrected chi connectivity index (χ3v) is 3.23. The van der Waals surface area contributed by atoms with Crippen molar-refractivity contribution < 1.29 is 4.79 Å². The predicted molar refractivity (Wildman–Crippen MR) is 59.4 cm³/mol. The van der Waals surface area contributed by atoms with Crippen LogP contribution in [-0.4, -0.2) is 6.08 Å². The molecule has 2 N–H and O–H groups in total. The number of hydrogen-bond acceptors (Lipinski definition) is 3. The van der Waals surface area contributed by atoms with Crippen LogP contribution in [0.5, 0.6) is 0 Å². The van der Waals surface area contributed by atoms with Crippen molar-refractivity contribution >= 4 is 11.8 Å².